The molecule has 0 unspecified atom stereocenters. The molecule has 146 valence electrons. The fraction of sp³-hybridized carbons (Fsp3) is 0.421. The monoisotopic (exact) mass is 375 g/mol. The van der Waals surface area contributed by atoms with Gasteiger partial charge < -0.3 is 25.4 Å². The van der Waals surface area contributed by atoms with E-state index >= 15 is 0 Å². The summed E-state index contributed by atoms with van der Waals surface area (Å²) in [6.07, 6.45) is 2.20. The maximum atomic E-state index is 12.5. The molecule has 0 aromatic heterocycles. The summed E-state index contributed by atoms with van der Waals surface area (Å²) < 4.78 is 4.76. The van der Waals surface area contributed by atoms with Gasteiger partial charge in [0.2, 0.25) is 5.91 Å². The summed E-state index contributed by atoms with van der Waals surface area (Å²) in [5, 5.41) is 14.9. The predicted octanol–water partition coefficient (Wildman–Crippen LogP) is 1.49. The summed E-state index contributed by atoms with van der Waals surface area (Å²) in [6.45, 7) is 2.01. The number of carbonyl (C=O) groups excluding carboxylic acids is 3. The van der Waals surface area contributed by atoms with Crippen LogP contribution in [0.4, 0.5) is 11.4 Å². The SMILES string of the molecule is CCCCC(=O)Nc1cccc(NC2=C(C(=O)OC)CN(CCO)C2=O)c1. The quantitative estimate of drug-likeness (QED) is 0.565. The Bertz CT molecular complexity index is 745. The van der Waals surface area contributed by atoms with Gasteiger partial charge in [-0.2, -0.15) is 0 Å². The molecule has 1 aliphatic heterocycles. The fourth-order valence-corrected chi connectivity index (χ4v) is 2.73. The topological polar surface area (TPSA) is 108 Å². The number of anilines is 2. The number of nitrogens with zero attached hydrogens (tertiary/aromatic N) is 1. The van der Waals surface area contributed by atoms with Crippen molar-refractivity contribution in [3.05, 3.63) is 35.5 Å². The number of hydrogen-bond acceptors (Lipinski definition) is 6. The van der Waals surface area contributed by atoms with Crippen LogP contribution in [0, 0.1) is 0 Å². The minimum absolute atomic E-state index is 0.0713. The Labute approximate surface area is 158 Å². The molecule has 0 radical (unpaired) electrons. The largest absolute Gasteiger partial charge is 0.466 e. The molecule has 3 N–H and O–H groups in total. The van der Waals surface area contributed by atoms with Gasteiger partial charge in [0.25, 0.3) is 5.91 Å². The molecule has 0 bridgehead atoms. The molecular weight excluding hydrogens is 350 g/mol. The Kier molecular flexibility index (Phi) is 7.36. The van der Waals surface area contributed by atoms with E-state index in [4.69, 9.17) is 9.84 Å². The van der Waals surface area contributed by atoms with E-state index in [1.54, 1.807) is 24.3 Å². The van der Waals surface area contributed by atoms with Crippen LogP contribution in [0.15, 0.2) is 35.5 Å². The molecule has 1 aromatic rings. The van der Waals surface area contributed by atoms with E-state index in [1.807, 2.05) is 6.92 Å². The first-order chi connectivity index (χ1) is 13.0. The first-order valence-corrected chi connectivity index (χ1v) is 8.88. The number of amides is 2. The molecule has 1 aromatic carbocycles. The smallest absolute Gasteiger partial charge is 0.337 e. The van der Waals surface area contributed by atoms with Gasteiger partial charge in [0.05, 0.1) is 25.8 Å². The van der Waals surface area contributed by atoms with Crippen molar-refractivity contribution in [1.29, 1.82) is 0 Å². The minimum atomic E-state index is -0.602. The second kappa shape index (κ2) is 9.72. The highest BCUT2D eigenvalue weighted by atomic mass is 16.5. The van der Waals surface area contributed by atoms with Gasteiger partial charge in [0.15, 0.2) is 0 Å². The Balaban J connectivity index is 2.18. The lowest BCUT2D eigenvalue weighted by molar-refractivity contribution is -0.136. The lowest BCUT2D eigenvalue weighted by atomic mass is 10.2. The van der Waals surface area contributed by atoms with Gasteiger partial charge in [0, 0.05) is 24.3 Å². The summed E-state index contributed by atoms with van der Waals surface area (Å²) in [4.78, 5) is 37.8. The van der Waals surface area contributed by atoms with Crippen LogP contribution < -0.4 is 10.6 Å². The Morgan fingerprint density at radius 3 is 2.70 bits per heavy atom. The van der Waals surface area contributed by atoms with Crippen LogP contribution in [0.5, 0.6) is 0 Å². The van der Waals surface area contributed by atoms with Crippen molar-refractivity contribution >= 4 is 29.2 Å². The van der Waals surface area contributed by atoms with Gasteiger partial charge in [-0.15, -0.1) is 0 Å². The molecule has 0 aliphatic carbocycles. The van der Waals surface area contributed by atoms with Crippen LogP contribution in [-0.4, -0.2) is 54.6 Å². The average Bonchev–Trinajstić information content (AvgIpc) is 2.96. The number of aliphatic hydroxyl groups excluding tert-OH is 1. The molecule has 8 nitrogen and oxygen atoms in total. The van der Waals surface area contributed by atoms with E-state index in [0.29, 0.717) is 17.8 Å². The molecular formula is C19H25N3O5. The standard InChI is InChI=1S/C19H25N3O5/c1-3-4-8-16(24)20-13-6-5-7-14(11-13)21-17-15(19(26)27-2)12-22(9-10-23)18(17)25/h5-7,11,21,23H,3-4,8-10,12H2,1-2H3,(H,20,24). The maximum Gasteiger partial charge on any atom is 0.337 e. The molecule has 2 rings (SSSR count). The zero-order valence-corrected chi connectivity index (χ0v) is 15.6. The number of aliphatic hydroxyl groups is 1. The van der Waals surface area contributed by atoms with Crippen LogP contribution in [0.1, 0.15) is 26.2 Å². The van der Waals surface area contributed by atoms with Crippen LogP contribution in [0.3, 0.4) is 0 Å². The van der Waals surface area contributed by atoms with Gasteiger partial charge in [0.1, 0.15) is 5.70 Å². The number of β-amino-alcohol motifs (C(OH)–C–C–N with tert-alkyl or cyclic N) is 1. The van der Waals surface area contributed by atoms with E-state index < -0.39 is 5.97 Å². The van der Waals surface area contributed by atoms with E-state index in [-0.39, 0.29) is 42.8 Å². The van der Waals surface area contributed by atoms with Crippen LogP contribution >= 0.6 is 0 Å². The zero-order chi connectivity index (χ0) is 19.8. The highest BCUT2D eigenvalue weighted by molar-refractivity contribution is 6.08. The van der Waals surface area contributed by atoms with Crippen molar-refractivity contribution in [2.75, 3.05) is 37.4 Å². The molecule has 2 amide bonds. The Morgan fingerprint density at radius 1 is 1.30 bits per heavy atom. The Hall–Kier alpha value is -2.87. The number of nitrogens with one attached hydrogen (secondary N) is 2. The van der Waals surface area contributed by atoms with Crippen molar-refractivity contribution in [3.8, 4) is 0 Å². The molecule has 0 atom stereocenters. The third-order valence-electron chi connectivity index (χ3n) is 4.13. The number of hydrogen-bond donors (Lipinski definition) is 3. The van der Waals surface area contributed by atoms with E-state index in [0.717, 1.165) is 12.8 Å². The van der Waals surface area contributed by atoms with Gasteiger partial charge in [-0.25, -0.2) is 4.79 Å². The summed E-state index contributed by atoms with van der Waals surface area (Å²) in [5.74, 6) is -1.06. The van der Waals surface area contributed by atoms with Gasteiger partial charge >= 0.3 is 5.97 Å². The molecule has 1 aliphatic rings. The average molecular weight is 375 g/mol. The first-order valence-electron chi connectivity index (χ1n) is 8.88. The number of esters is 1. The maximum absolute atomic E-state index is 12.5. The lowest BCUT2D eigenvalue weighted by Gasteiger charge is -2.15. The van der Waals surface area contributed by atoms with Gasteiger partial charge in [-0.3, -0.25) is 9.59 Å². The van der Waals surface area contributed by atoms with Crippen molar-refractivity contribution < 1.29 is 24.2 Å². The number of unbranched alkanes of at least 4 members (excludes halogenated alkanes) is 1. The summed E-state index contributed by atoms with van der Waals surface area (Å²) in [5.41, 5.74) is 1.47. The molecule has 27 heavy (non-hydrogen) atoms. The second-order valence-corrected chi connectivity index (χ2v) is 6.15. The first kappa shape index (κ1) is 20.4. The summed E-state index contributed by atoms with van der Waals surface area (Å²) in [6, 6.07) is 6.90. The van der Waals surface area contributed by atoms with Crippen molar-refractivity contribution in [2.45, 2.75) is 26.2 Å². The van der Waals surface area contributed by atoms with Crippen LogP contribution in [0.2, 0.25) is 0 Å². The molecule has 0 saturated carbocycles. The number of ether oxygens (including phenoxy) is 1. The van der Waals surface area contributed by atoms with Crippen molar-refractivity contribution in [1.82, 2.24) is 4.90 Å². The van der Waals surface area contributed by atoms with E-state index in [1.165, 1.54) is 12.0 Å². The normalized spacial score (nSPS) is 13.7. The number of benzene rings is 1. The number of methoxy groups -OCH3 is 1. The molecule has 1 heterocycles. The van der Waals surface area contributed by atoms with Gasteiger partial charge in [-0.05, 0) is 24.6 Å². The number of carbonyl (C=O) groups is 3. The molecule has 0 fully saturated rings. The zero-order valence-electron chi connectivity index (χ0n) is 15.6. The molecule has 0 saturated heterocycles. The third-order valence-corrected chi connectivity index (χ3v) is 4.13. The summed E-state index contributed by atoms with van der Waals surface area (Å²) >= 11 is 0. The molecule has 0 spiro atoms. The lowest BCUT2D eigenvalue weighted by Crippen LogP contribution is -2.31. The van der Waals surface area contributed by atoms with E-state index in [9.17, 15) is 14.4 Å². The van der Waals surface area contributed by atoms with Gasteiger partial charge in [-0.1, -0.05) is 19.4 Å². The van der Waals surface area contributed by atoms with Crippen LogP contribution in [0.25, 0.3) is 0 Å². The van der Waals surface area contributed by atoms with Crippen molar-refractivity contribution in [3.63, 3.8) is 0 Å². The third kappa shape index (κ3) is 5.30. The predicted molar refractivity (Wildman–Crippen MR) is 101 cm³/mol. The second-order valence-electron chi connectivity index (χ2n) is 6.15. The Morgan fingerprint density at radius 2 is 2.04 bits per heavy atom. The number of rotatable bonds is 9. The van der Waals surface area contributed by atoms with E-state index in [2.05, 4.69) is 10.6 Å². The highest BCUT2D eigenvalue weighted by Gasteiger charge is 2.34. The highest BCUT2D eigenvalue weighted by Crippen LogP contribution is 2.24. The van der Waals surface area contributed by atoms with Crippen LogP contribution in [-0.2, 0) is 19.1 Å². The summed E-state index contributed by atoms with van der Waals surface area (Å²) in [7, 11) is 1.25. The minimum Gasteiger partial charge on any atom is -0.466 e. The molecule has 8 heteroatoms. The fourth-order valence-electron chi connectivity index (χ4n) is 2.73. The van der Waals surface area contributed by atoms with Crippen molar-refractivity contribution in [2.24, 2.45) is 0 Å².